The van der Waals surface area contributed by atoms with E-state index in [0.29, 0.717) is 11.4 Å². The molecule has 3 heterocycles. The van der Waals surface area contributed by atoms with E-state index in [4.69, 9.17) is 14.5 Å². The minimum Gasteiger partial charge on any atom is -0.491 e. The number of fused-ring (bicyclic) bond motifs is 1. The van der Waals surface area contributed by atoms with Crippen molar-refractivity contribution in [1.82, 2.24) is 9.97 Å². The molecule has 1 N–H and O–H groups in total. The molecule has 1 saturated heterocycles. The van der Waals surface area contributed by atoms with Gasteiger partial charge in [-0.3, -0.25) is 4.79 Å². The van der Waals surface area contributed by atoms with Crippen molar-refractivity contribution in [3.8, 4) is 17.0 Å². The molecule has 0 atom stereocenters. The van der Waals surface area contributed by atoms with E-state index in [9.17, 15) is 9.59 Å². The fraction of sp³-hybridized carbons (Fsp3) is 0.400. The first-order valence-electron chi connectivity index (χ1n) is 11.2. The summed E-state index contributed by atoms with van der Waals surface area (Å²) in [4.78, 5) is 36.7. The first-order chi connectivity index (χ1) is 15.5. The third-order valence-corrected chi connectivity index (χ3v) is 5.90. The Balaban J connectivity index is 2.02. The van der Waals surface area contributed by atoms with Gasteiger partial charge in [0.05, 0.1) is 30.6 Å². The van der Waals surface area contributed by atoms with Crippen LogP contribution in [-0.2, 0) is 4.74 Å². The van der Waals surface area contributed by atoms with E-state index in [1.807, 2.05) is 30.3 Å². The molecule has 7 nitrogen and oxygen atoms in total. The van der Waals surface area contributed by atoms with Crippen molar-refractivity contribution >= 4 is 22.7 Å². The summed E-state index contributed by atoms with van der Waals surface area (Å²) in [7, 11) is 1.42. The van der Waals surface area contributed by atoms with Crippen LogP contribution in [0.1, 0.15) is 48.7 Å². The highest BCUT2D eigenvalue weighted by atomic mass is 16.5. The van der Waals surface area contributed by atoms with Gasteiger partial charge in [-0.25, -0.2) is 9.78 Å². The van der Waals surface area contributed by atoms with Crippen molar-refractivity contribution in [2.45, 2.75) is 39.5 Å². The number of anilines is 1. The first-order valence-corrected chi connectivity index (χ1v) is 11.2. The summed E-state index contributed by atoms with van der Waals surface area (Å²) < 4.78 is 10.5. The molecular weight excluding hydrogens is 406 g/mol. The van der Waals surface area contributed by atoms with E-state index < -0.39 is 11.4 Å². The van der Waals surface area contributed by atoms with Crippen LogP contribution < -0.4 is 15.1 Å². The summed E-state index contributed by atoms with van der Waals surface area (Å²) in [5.41, 5.74) is 2.03. The van der Waals surface area contributed by atoms with Gasteiger partial charge in [-0.1, -0.05) is 31.0 Å². The maximum atomic E-state index is 13.3. The minimum absolute atomic E-state index is 0.0533. The van der Waals surface area contributed by atoms with E-state index >= 15 is 0 Å². The predicted molar refractivity (Wildman–Crippen MR) is 126 cm³/mol. The van der Waals surface area contributed by atoms with Gasteiger partial charge in [-0.15, -0.1) is 0 Å². The zero-order valence-electron chi connectivity index (χ0n) is 18.9. The number of para-hydroxylation sites is 1. The third-order valence-electron chi connectivity index (χ3n) is 5.90. The number of aromatic amines is 1. The molecule has 0 radical (unpaired) electrons. The average Bonchev–Trinajstić information content (AvgIpc) is 3.07. The predicted octanol–water partition coefficient (Wildman–Crippen LogP) is 4.46. The monoisotopic (exact) mass is 435 g/mol. The van der Waals surface area contributed by atoms with E-state index in [2.05, 4.69) is 9.88 Å². The minimum atomic E-state index is -0.669. The smallest absolute Gasteiger partial charge is 0.344 e. The molecular formula is C25H29N3O4. The van der Waals surface area contributed by atoms with Crippen LogP contribution in [0, 0.1) is 6.92 Å². The van der Waals surface area contributed by atoms with Gasteiger partial charge in [0.15, 0.2) is 5.75 Å². The number of benzene rings is 1. The van der Waals surface area contributed by atoms with Crippen molar-refractivity contribution in [3.05, 3.63) is 51.8 Å². The lowest BCUT2D eigenvalue weighted by Crippen LogP contribution is -2.27. The number of rotatable bonds is 5. The van der Waals surface area contributed by atoms with Gasteiger partial charge >= 0.3 is 5.97 Å². The van der Waals surface area contributed by atoms with Gasteiger partial charge in [-0.05, 0) is 38.8 Å². The molecule has 168 valence electrons. The van der Waals surface area contributed by atoms with Crippen LogP contribution in [0.25, 0.3) is 22.2 Å². The van der Waals surface area contributed by atoms with Crippen LogP contribution in [0.4, 0.5) is 5.82 Å². The molecule has 0 saturated carbocycles. The summed E-state index contributed by atoms with van der Waals surface area (Å²) in [5, 5.41) is 0.935. The Morgan fingerprint density at radius 3 is 2.56 bits per heavy atom. The second kappa shape index (κ2) is 9.42. The van der Waals surface area contributed by atoms with Gasteiger partial charge in [0.25, 0.3) is 0 Å². The van der Waals surface area contributed by atoms with Crippen LogP contribution in [-0.4, -0.2) is 42.7 Å². The van der Waals surface area contributed by atoms with Crippen LogP contribution in [0.15, 0.2) is 35.1 Å². The Morgan fingerprint density at radius 1 is 1.16 bits per heavy atom. The number of aryl methyl sites for hydroxylation is 1. The topological polar surface area (TPSA) is 84.5 Å². The zero-order valence-corrected chi connectivity index (χ0v) is 18.9. The summed E-state index contributed by atoms with van der Waals surface area (Å²) in [5.74, 6) is 0.218. The number of H-pyrrole nitrogens is 1. The van der Waals surface area contributed by atoms with E-state index in [1.54, 1.807) is 13.8 Å². The normalized spacial score (nSPS) is 14.3. The molecule has 1 aliphatic rings. The van der Waals surface area contributed by atoms with Gasteiger partial charge in [0, 0.05) is 24.0 Å². The maximum Gasteiger partial charge on any atom is 0.344 e. The highest BCUT2D eigenvalue weighted by Crippen LogP contribution is 2.35. The Kier molecular flexibility index (Phi) is 6.44. The molecule has 32 heavy (non-hydrogen) atoms. The van der Waals surface area contributed by atoms with Gasteiger partial charge < -0.3 is 19.4 Å². The van der Waals surface area contributed by atoms with Gasteiger partial charge in [0.2, 0.25) is 5.43 Å². The number of hydrogen-bond acceptors (Lipinski definition) is 6. The molecule has 1 aromatic carbocycles. The zero-order chi connectivity index (χ0) is 22.7. The SMILES string of the molecule is CCOC(=O)c1c(-c2cc3ccccc3nc2N2CCCCCC2)[nH]c(C)c(OC)c1=O. The molecule has 0 spiro atoms. The number of nitrogens with one attached hydrogen (secondary N) is 1. The maximum absolute atomic E-state index is 13.3. The van der Waals surface area contributed by atoms with E-state index in [-0.39, 0.29) is 17.9 Å². The highest BCUT2D eigenvalue weighted by Gasteiger charge is 2.27. The van der Waals surface area contributed by atoms with Gasteiger partial charge in [0.1, 0.15) is 11.4 Å². The standard InChI is InChI=1S/C25H29N3O4/c1-4-32-25(30)20-21(26-16(2)23(31-3)22(20)29)18-15-17-11-7-8-12-19(17)27-24(18)28-13-9-5-6-10-14-28/h7-8,11-12,15H,4-6,9-10,13-14H2,1-3H3,(H,26,29). The molecule has 1 aliphatic heterocycles. The number of hydrogen-bond donors (Lipinski definition) is 1. The molecule has 2 aromatic heterocycles. The largest absolute Gasteiger partial charge is 0.491 e. The van der Waals surface area contributed by atoms with Crippen molar-refractivity contribution in [1.29, 1.82) is 0 Å². The Bertz CT molecular complexity index is 1190. The lowest BCUT2D eigenvalue weighted by molar-refractivity contribution is 0.0525. The lowest BCUT2D eigenvalue weighted by atomic mass is 10.0. The summed E-state index contributed by atoms with van der Waals surface area (Å²) in [6.07, 6.45) is 4.53. The average molecular weight is 436 g/mol. The van der Waals surface area contributed by atoms with E-state index in [1.165, 1.54) is 20.0 Å². The molecule has 0 bridgehead atoms. The van der Waals surface area contributed by atoms with Crippen molar-refractivity contribution in [2.24, 2.45) is 0 Å². The summed E-state index contributed by atoms with van der Waals surface area (Å²) >= 11 is 0. The molecule has 0 unspecified atom stereocenters. The number of methoxy groups -OCH3 is 1. The first kappa shape index (κ1) is 21.9. The van der Waals surface area contributed by atoms with Crippen molar-refractivity contribution < 1.29 is 14.3 Å². The number of esters is 1. The highest BCUT2D eigenvalue weighted by molar-refractivity contribution is 6.00. The molecule has 3 aromatic rings. The Hall–Kier alpha value is -3.35. The van der Waals surface area contributed by atoms with Crippen LogP contribution in [0.3, 0.4) is 0 Å². The molecule has 0 aliphatic carbocycles. The number of nitrogens with zero attached hydrogens (tertiary/aromatic N) is 2. The third kappa shape index (κ3) is 4.07. The van der Waals surface area contributed by atoms with Crippen LogP contribution >= 0.6 is 0 Å². The number of carbonyl (C=O) groups is 1. The summed E-state index contributed by atoms with van der Waals surface area (Å²) in [6, 6.07) is 9.88. The number of ether oxygens (including phenoxy) is 2. The molecule has 7 heteroatoms. The Morgan fingerprint density at radius 2 is 1.88 bits per heavy atom. The lowest BCUT2D eigenvalue weighted by Gasteiger charge is -2.25. The van der Waals surface area contributed by atoms with E-state index in [0.717, 1.165) is 48.2 Å². The number of pyridine rings is 2. The molecule has 4 rings (SSSR count). The fourth-order valence-electron chi connectivity index (χ4n) is 4.36. The second-order valence-corrected chi connectivity index (χ2v) is 8.04. The van der Waals surface area contributed by atoms with Crippen molar-refractivity contribution in [3.63, 3.8) is 0 Å². The van der Waals surface area contributed by atoms with Crippen LogP contribution in [0.2, 0.25) is 0 Å². The molecule has 1 fully saturated rings. The molecule has 0 amide bonds. The second-order valence-electron chi connectivity index (χ2n) is 8.04. The van der Waals surface area contributed by atoms with Gasteiger partial charge in [-0.2, -0.15) is 0 Å². The van der Waals surface area contributed by atoms with Crippen molar-refractivity contribution in [2.75, 3.05) is 31.7 Å². The van der Waals surface area contributed by atoms with Crippen LogP contribution in [0.5, 0.6) is 5.75 Å². The fourth-order valence-corrected chi connectivity index (χ4v) is 4.36. The summed E-state index contributed by atoms with van der Waals surface area (Å²) in [6.45, 7) is 5.41. The number of carbonyl (C=O) groups excluding carboxylic acids is 1. The Labute approximate surface area is 187 Å². The number of aromatic nitrogens is 2. The quantitative estimate of drug-likeness (QED) is 0.596.